The Bertz CT molecular complexity index is 471. The number of carbonyl (C=O) groups is 1. The molecule has 1 saturated carbocycles. The van der Waals surface area contributed by atoms with E-state index in [1.807, 2.05) is 12.1 Å². The summed E-state index contributed by atoms with van der Waals surface area (Å²) >= 11 is 0. The molecule has 0 aliphatic heterocycles. The maximum atomic E-state index is 11.7. The molecule has 1 amide bonds. The molecule has 0 bridgehead atoms. The Morgan fingerprint density at radius 2 is 2.10 bits per heavy atom. The van der Waals surface area contributed by atoms with Gasteiger partial charge >= 0.3 is 0 Å². The van der Waals surface area contributed by atoms with Crippen LogP contribution in [-0.4, -0.2) is 25.6 Å². The van der Waals surface area contributed by atoms with Crippen LogP contribution < -0.4 is 15.8 Å². The third-order valence-electron chi connectivity index (χ3n) is 4.26. The Labute approximate surface area is 132 Å². The first-order valence-electron chi connectivity index (χ1n) is 7.25. The lowest BCUT2D eigenvalue weighted by Crippen LogP contribution is -2.45. The van der Waals surface area contributed by atoms with Gasteiger partial charge in [0, 0.05) is 12.0 Å². The van der Waals surface area contributed by atoms with Crippen molar-refractivity contribution in [1.82, 2.24) is 5.32 Å². The lowest BCUT2D eigenvalue weighted by atomic mass is 9.78. The van der Waals surface area contributed by atoms with Gasteiger partial charge in [-0.15, -0.1) is 12.4 Å². The maximum Gasteiger partial charge on any atom is 0.236 e. The fraction of sp³-hybridized carbons (Fsp3) is 0.562. The van der Waals surface area contributed by atoms with Gasteiger partial charge in [0.25, 0.3) is 0 Å². The number of hydrogen-bond acceptors (Lipinski definition) is 3. The Balaban J connectivity index is 0.00000220. The van der Waals surface area contributed by atoms with E-state index in [1.165, 1.54) is 18.4 Å². The van der Waals surface area contributed by atoms with Crippen molar-refractivity contribution in [2.45, 2.75) is 44.1 Å². The van der Waals surface area contributed by atoms with Gasteiger partial charge < -0.3 is 15.8 Å². The Morgan fingerprint density at radius 3 is 2.67 bits per heavy atom. The van der Waals surface area contributed by atoms with Gasteiger partial charge in [-0.1, -0.05) is 25.0 Å². The number of ether oxygens (including phenoxy) is 1. The van der Waals surface area contributed by atoms with Crippen LogP contribution in [0.3, 0.4) is 0 Å². The molecule has 0 heterocycles. The molecular formula is C16H25ClN2O2. The van der Waals surface area contributed by atoms with E-state index in [1.54, 1.807) is 14.0 Å². The van der Waals surface area contributed by atoms with E-state index in [0.29, 0.717) is 6.54 Å². The third-order valence-corrected chi connectivity index (χ3v) is 4.26. The van der Waals surface area contributed by atoms with E-state index in [9.17, 15) is 4.79 Å². The molecule has 0 aromatic heterocycles. The monoisotopic (exact) mass is 312 g/mol. The maximum absolute atomic E-state index is 11.7. The Kier molecular flexibility index (Phi) is 6.49. The van der Waals surface area contributed by atoms with Gasteiger partial charge in [0.05, 0.1) is 13.2 Å². The summed E-state index contributed by atoms with van der Waals surface area (Å²) in [6.07, 6.45) is 4.59. The van der Waals surface area contributed by atoms with Crippen LogP contribution in [0, 0.1) is 0 Å². The second-order valence-electron chi connectivity index (χ2n) is 5.73. The number of hydrogen-bond donors (Lipinski definition) is 2. The van der Waals surface area contributed by atoms with Gasteiger partial charge in [0.1, 0.15) is 5.75 Å². The molecule has 0 saturated heterocycles. The van der Waals surface area contributed by atoms with E-state index in [2.05, 4.69) is 17.4 Å². The summed E-state index contributed by atoms with van der Waals surface area (Å²) in [7, 11) is 1.68. The molecular weight excluding hydrogens is 288 g/mol. The van der Waals surface area contributed by atoms with Crippen LogP contribution in [0.15, 0.2) is 24.3 Å². The quantitative estimate of drug-likeness (QED) is 0.877. The number of nitrogens with two attached hydrogens (primary N) is 1. The zero-order valence-electron chi connectivity index (χ0n) is 12.7. The summed E-state index contributed by atoms with van der Waals surface area (Å²) in [5, 5.41) is 3.00. The highest BCUT2D eigenvalue weighted by molar-refractivity contribution is 5.85. The molecule has 5 heteroatoms. The smallest absolute Gasteiger partial charge is 0.236 e. The lowest BCUT2D eigenvalue weighted by Gasteiger charge is -2.30. The van der Waals surface area contributed by atoms with Crippen molar-refractivity contribution in [3.8, 4) is 5.75 Å². The Morgan fingerprint density at radius 1 is 1.43 bits per heavy atom. The van der Waals surface area contributed by atoms with Gasteiger partial charge in [0.15, 0.2) is 0 Å². The minimum Gasteiger partial charge on any atom is -0.497 e. The molecule has 1 aromatic rings. The van der Waals surface area contributed by atoms with E-state index in [-0.39, 0.29) is 23.7 Å². The van der Waals surface area contributed by atoms with Crippen molar-refractivity contribution in [1.29, 1.82) is 0 Å². The van der Waals surface area contributed by atoms with Crippen molar-refractivity contribution in [2.75, 3.05) is 13.7 Å². The van der Waals surface area contributed by atoms with Crippen molar-refractivity contribution >= 4 is 18.3 Å². The molecule has 0 radical (unpaired) electrons. The van der Waals surface area contributed by atoms with Gasteiger partial charge in [-0.3, -0.25) is 4.79 Å². The zero-order valence-corrected chi connectivity index (χ0v) is 13.5. The summed E-state index contributed by atoms with van der Waals surface area (Å²) < 4.78 is 5.32. The SMILES string of the molecule is COc1cccc(C2(CNC(=O)[C@H](C)N)CCCC2)c1.Cl. The third kappa shape index (κ3) is 4.11. The predicted octanol–water partition coefficient (Wildman–Crippen LogP) is 2.39. The number of halogens is 1. The normalized spacial score (nSPS) is 17.7. The zero-order chi connectivity index (χ0) is 14.6. The highest BCUT2D eigenvalue weighted by Crippen LogP contribution is 2.41. The number of benzene rings is 1. The van der Waals surface area contributed by atoms with Crippen LogP contribution >= 0.6 is 12.4 Å². The molecule has 1 fully saturated rings. The van der Waals surface area contributed by atoms with Crippen molar-refractivity contribution in [3.63, 3.8) is 0 Å². The average Bonchev–Trinajstić information content (AvgIpc) is 2.95. The van der Waals surface area contributed by atoms with Gasteiger partial charge in [-0.2, -0.15) is 0 Å². The molecule has 3 N–H and O–H groups in total. The van der Waals surface area contributed by atoms with Crippen LogP contribution in [-0.2, 0) is 10.2 Å². The van der Waals surface area contributed by atoms with Crippen LogP contribution in [0.1, 0.15) is 38.2 Å². The molecule has 1 aromatic carbocycles. The largest absolute Gasteiger partial charge is 0.497 e. The highest BCUT2D eigenvalue weighted by atomic mass is 35.5. The second-order valence-corrected chi connectivity index (χ2v) is 5.73. The Hall–Kier alpha value is -1.26. The minimum absolute atomic E-state index is 0. The fourth-order valence-electron chi connectivity index (χ4n) is 2.99. The molecule has 2 rings (SSSR count). The average molecular weight is 313 g/mol. The van der Waals surface area contributed by atoms with Gasteiger partial charge in [-0.05, 0) is 37.5 Å². The molecule has 0 unspecified atom stereocenters. The predicted molar refractivity (Wildman–Crippen MR) is 87.0 cm³/mol. The van der Waals surface area contributed by atoms with E-state index >= 15 is 0 Å². The first-order chi connectivity index (χ1) is 9.57. The number of rotatable bonds is 5. The van der Waals surface area contributed by atoms with Crippen LogP contribution in [0.4, 0.5) is 0 Å². The molecule has 1 aliphatic carbocycles. The number of nitrogens with one attached hydrogen (secondary N) is 1. The van der Waals surface area contributed by atoms with Crippen LogP contribution in [0.2, 0.25) is 0 Å². The minimum atomic E-state index is -0.459. The standard InChI is InChI=1S/C16H24N2O2.ClH/c1-12(17)15(19)18-11-16(8-3-4-9-16)13-6-5-7-14(10-13)20-2;/h5-7,10,12H,3-4,8-9,11,17H2,1-2H3,(H,18,19);1H/t12-;/m0./s1. The van der Waals surface area contributed by atoms with Crippen molar-refractivity contribution in [3.05, 3.63) is 29.8 Å². The van der Waals surface area contributed by atoms with Gasteiger partial charge in [0.2, 0.25) is 5.91 Å². The molecule has 4 nitrogen and oxygen atoms in total. The summed E-state index contributed by atoms with van der Waals surface area (Å²) in [6.45, 7) is 2.36. The first kappa shape index (κ1) is 17.8. The van der Waals surface area contributed by atoms with E-state index in [0.717, 1.165) is 18.6 Å². The highest BCUT2D eigenvalue weighted by Gasteiger charge is 2.36. The van der Waals surface area contributed by atoms with E-state index in [4.69, 9.17) is 10.5 Å². The van der Waals surface area contributed by atoms with Crippen molar-refractivity contribution in [2.24, 2.45) is 5.73 Å². The first-order valence-corrected chi connectivity index (χ1v) is 7.25. The molecule has 21 heavy (non-hydrogen) atoms. The van der Waals surface area contributed by atoms with Crippen LogP contribution in [0.25, 0.3) is 0 Å². The van der Waals surface area contributed by atoms with E-state index < -0.39 is 6.04 Å². The molecule has 1 aliphatic rings. The molecule has 118 valence electrons. The summed E-state index contributed by atoms with van der Waals surface area (Å²) in [5.74, 6) is 0.784. The number of carbonyl (C=O) groups excluding carboxylic acids is 1. The summed E-state index contributed by atoms with van der Waals surface area (Å²) in [5.41, 5.74) is 6.89. The van der Waals surface area contributed by atoms with Crippen LogP contribution in [0.5, 0.6) is 5.75 Å². The van der Waals surface area contributed by atoms with Crippen molar-refractivity contribution < 1.29 is 9.53 Å². The lowest BCUT2D eigenvalue weighted by molar-refractivity contribution is -0.122. The summed E-state index contributed by atoms with van der Waals surface area (Å²) in [4.78, 5) is 11.7. The molecule has 1 atom stereocenters. The van der Waals surface area contributed by atoms with Gasteiger partial charge in [-0.25, -0.2) is 0 Å². The summed E-state index contributed by atoms with van der Waals surface area (Å²) in [6, 6.07) is 7.72. The molecule has 0 spiro atoms. The topological polar surface area (TPSA) is 64.3 Å². The second kappa shape index (κ2) is 7.66. The number of amides is 1. The fourth-order valence-corrected chi connectivity index (χ4v) is 2.99. The number of methoxy groups -OCH3 is 1.